The van der Waals surface area contributed by atoms with E-state index in [4.69, 9.17) is 15.2 Å². The van der Waals surface area contributed by atoms with Gasteiger partial charge in [0.05, 0.1) is 6.61 Å². The van der Waals surface area contributed by atoms with Crippen LogP contribution in [0.25, 0.3) is 0 Å². The van der Waals surface area contributed by atoms with Gasteiger partial charge in [-0.2, -0.15) is 0 Å². The number of rotatable bonds is 9. The van der Waals surface area contributed by atoms with Crippen molar-refractivity contribution in [3.8, 4) is 0 Å². The van der Waals surface area contributed by atoms with Gasteiger partial charge < -0.3 is 20.5 Å². The van der Waals surface area contributed by atoms with Crippen molar-refractivity contribution in [3.63, 3.8) is 0 Å². The minimum Gasteiger partial charge on any atom is -0.381 e. The minimum atomic E-state index is -0.652. The fourth-order valence-electron chi connectivity index (χ4n) is 2.90. The zero-order valence-electron chi connectivity index (χ0n) is 12.5. The monoisotopic (exact) mass is 284 g/mol. The highest BCUT2D eigenvalue weighted by atomic mass is 16.5. The van der Waals surface area contributed by atoms with Crippen LogP contribution in [-0.2, 0) is 14.3 Å². The Hall–Kier alpha value is -0.650. The maximum atomic E-state index is 12.0. The Bertz CT molecular complexity index is 314. The quantitative estimate of drug-likeness (QED) is 0.664. The molecule has 20 heavy (non-hydrogen) atoms. The highest BCUT2D eigenvalue weighted by molar-refractivity contribution is 5.85. The number of hydrogen-bond donors (Lipinski definition) is 2. The Morgan fingerprint density at radius 1 is 1.35 bits per heavy atom. The molecule has 1 aliphatic carbocycles. The maximum Gasteiger partial charge on any atom is 0.240 e. The van der Waals surface area contributed by atoms with Gasteiger partial charge in [-0.3, -0.25) is 4.79 Å². The summed E-state index contributed by atoms with van der Waals surface area (Å²) in [6, 6.07) is 0. The van der Waals surface area contributed by atoms with E-state index in [2.05, 4.69) is 12.2 Å². The highest BCUT2D eigenvalue weighted by Crippen LogP contribution is 2.40. The predicted molar refractivity (Wildman–Crippen MR) is 77.3 cm³/mol. The van der Waals surface area contributed by atoms with Crippen molar-refractivity contribution in [1.29, 1.82) is 0 Å². The summed E-state index contributed by atoms with van der Waals surface area (Å²) in [5, 5.41) is 3.36. The molecule has 5 nitrogen and oxygen atoms in total. The summed E-state index contributed by atoms with van der Waals surface area (Å²) in [6.07, 6.45) is 5.23. The fraction of sp³-hybridized carbons (Fsp3) is 0.933. The second-order valence-corrected chi connectivity index (χ2v) is 6.11. The van der Waals surface area contributed by atoms with E-state index in [-0.39, 0.29) is 5.91 Å². The van der Waals surface area contributed by atoms with Crippen LogP contribution in [0.15, 0.2) is 0 Å². The first-order valence-corrected chi connectivity index (χ1v) is 7.89. The van der Waals surface area contributed by atoms with Gasteiger partial charge in [0.1, 0.15) is 5.54 Å². The summed E-state index contributed by atoms with van der Waals surface area (Å²) in [7, 11) is 0. The number of amides is 1. The van der Waals surface area contributed by atoms with E-state index >= 15 is 0 Å². The third-order valence-electron chi connectivity index (χ3n) is 4.43. The van der Waals surface area contributed by atoms with Gasteiger partial charge in [0.15, 0.2) is 0 Å². The molecule has 1 heterocycles. The van der Waals surface area contributed by atoms with Crippen molar-refractivity contribution in [2.75, 3.05) is 33.0 Å². The molecule has 3 N–H and O–H groups in total. The van der Waals surface area contributed by atoms with Crippen LogP contribution in [0.4, 0.5) is 0 Å². The number of nitrogens with one attached hydrogen (secondary N) is 1. The molecule has 1 aliphatic heterocycles. The number of carbonyl (C=O) groups is 1. The van der Waals surface area contributed by atoms with Crippen molar-refractivity contribution in [3.05, 3.63) is 0 Å². The molecular weight excluding hydrogens is 256 g/mol. The zero-order chi connectivity index (χ0) is 14.4. The zero-order valence-corrected chi connectivity index (χ0v) is 12.5. The van der Waals surface area contributed by atoms with Gasteiger partial charge in [-0.05, 0) is 50.5 Å². The predicted octanol–water partition coefficient (Wildman–Crippen LogP) is 1.06. The molecule has 0 spiro atoms. The molecule has 0 aromatic carbocycles. The first-order valence-electron chi connectivity index (χ1n) is 7.89. The van der Waals surface area contributed by atoms with E-state index in [1.54, 1.807) is 0 Å². The summed E-state index contributed by atoms with van der Waals surface area (Å²) in [5.41, 5.74) is 5.02. The molecule has 1 unspecified atom stereocenters. The molecule has 0 aromatic heterocycles. The van der Waals surface area contributed by atoms with Gasteiger partial charge in [-0.1, -0.05) is 6.92 Å². The average molecular weight is 284 g/mol. The molecule has 1 amide bonds. The first-order chi connectivity index (χ1) is 9.69. The molecule has 0 aromatic rings. The molecule has 1 atom stereocenters. The van der Waals surface area contributed by atoms with Crippen molar-refractivity contribution >= 4 is 5.91 Å². The van der Waals surface area contributed by atoms with E-state index < -0.39 is 5.54 Å². The largest absolute Gasteiger partial charge is 0.381 e. The number of nitrogens with two attached hydrogens (primary N) is 1. The molecular formula is C15H28N2O3. The van der Waals surface area contributed by atoms with Crippen molar-refractivity contribution in [2.45, 2.75) is 44.6 Å². The van der Waals surface area contributed by atoms with E-state index in [1.807, 2.05) is 0 Å². The Morgan fingerprint density at radius 3 is 2.60 bits per heavy atom. The normalized spacial score (nSPS) is 23.4. The summed E-state index contributed by atoms with van der Waals surface area (Å²) in [5.74, 6) is 0.640. The fourth-order valence-corrected chi connectivity index (χ4v) is 2.90. The lowest BCUT2D eigenvalue weighted by molar-refractivity contribution is -0.129. The third-order valence-corrected chi connectivity index (χ3v) is 4.43. The molecule has 1 saturated carbocycles. The van der Waals surface area contributed by atoms with E-state index in [1.165, 1.54) is 0 Å². The van der Waals surface area contributed by atoms with Crippen LogP contribution in [0.5, 0.6) is 0 Å². The summed E-state index contributed by atoms with van der Waals surface area (Å²) in [4.78, 5) is 12.0. The lowest BCUT2D eigenvalue weighted by Crippen LogP contribution is -2.60. The average Bonchev–Trinajstić information content (AvgIpc) is 3.28. The number of carbonyl (C=O) groups excluding carboxylic acids is 1. The summed E-state index contributed by atoms with van der Waals surface area (Å²) in [6.45, 7) is 5.66. The Balaban J connectivity index is 1.84. The van der Waals surface area contributed by atoms with Crippen LogP contribution >= 0.6 is 0 Å². The van der Waals surface area contributed by atoms with Gasteiger partial charge in [0.25, 0.3) is 0 Å². The smallest absolute Gasteiger partial charge is 0.240 e. The van der Waals surface area contributed by atoms with Crippen LogP contribution in [0.2, 0.25) is 0 Å². The Morgan fingerprint density at radius 2 is 2.05 bits per heavy atom. The second-order valence-electron chi connectivity index (χ2n) is 6.11. The highest BCUT2D eigenvalue weighted by Gasteiger charge is 2.49. The molecule has 2 rings (SSSR count). The van der Waals surface area contributed by atoms with Crippen LogP contribution in [0.1, 0.15) is 39.0 Å². The number of ether oxygens (including phenoxy) is 2. The summed E-state index contributed by atoms with van der Waals surface area (Å²) < 4.78 is 11.2. The number of hydrogen-bond acceptors (Lipinski definition) is 4. The van der Waals surface area contributed by atoms with E-state index in [9.17, 15) is 4.79 Å². The number of primary amides is 1. The Kier molecular flexibility index (Phi) is 5.81. The molecule has 0 radical (unpaired) electrons. The molecule has 0 bridgehead atoms. The molecule has 116 valence electrons. The van der Waals surface area contributed by atoms with Crippen LogP contribution in [-0.4, -0.2) is 44.4 Å². The first kappa shape index (κ1) is 15.7. The molecule has 2 fully saturated rings. The minimum absolute atomic E-state index is 0.263. The Labute approximate surface area is 121 Å². The second kappa shape index (κ2) is 7.38. The molecule has 5 heteroatoms. The van der Waals surface area contributed by atoms with Crippen molar-refractivity contribution < 1.29 is 14.3 Å². The van der Waals surface area contributed by atoms with Crippen LogP contribution < -0.4 is 11.1 Å². The molecule has 2 aliphatic rings. The van der Waals surface area contributed by atoms with Crippen molar-refractivity contribution in [1.82, 2.24) is 5.32 Å². The van der Waals surface area contributed by atoms with Gasteiger partial charge in [0, 0.05) is 19.8 Å². The van der Waals surface area contributed by atoms with Gasteiger partial charge in [-0.15, -0.1) is 0 Å². The molecule has 1 saturated heterocycles. The lowest BCUT2D eigenvalue weighted by atomic mass is 9.92. The summed E-state index contributed by atoms with van der Waals surface area (Å²) >= 11 is 0. The van der Waals surface area contributed by atoms with E-state index in [0.717, 1.165) is 51.9 Å². The van der Waals surface area contributed by atoms with Gasteiger partial charge >= 0.3 is 0 Å². The van der Waals surface area contributed by atoms with Gasteiger partial charge in [0.2, 0.25) is 5.91 Å². The van der Waals surface area contributed by atoms with Crippen LogP contribution in [0, 0.1) is 11.8 Å². The SMILES string of the molecule is CCCNC(COCC1CCOCC1)(C(N)=O)C1CC1. The standard InChI is InChI=1S/C15H28N2O3/c1-2-7-17-15(14(16)18,13-3-4-13)11-20-10-12-5-8-19-9-6-12/h12-13,17H,2-11H2,1H3,(H2,16,18). The van der Waals surface area contributed by atoms with Gasteiger partial charge in [-0.25, -0.2) is 0 Å². The topological polar surface area (TPSA) is 73.6 Å². The van der Waals surface area contributed by atoms with E-state index in [0.29, 0.717) is 25.0 Å². The van der Waals surface area contributed by atoms with Crippen LogP contribution in [0.3, 0.4) is 0 Å². The maximum absolute atomic E-state index is 12.0. The third kappa shape index (κ3) is 3.93. The lowest BCUT2D eigenvalue weighted by Gasteiger charge is -2.33. The van der Waals surface area contributed by atoms with Crippen molar-refractivity contribution in [2.24, 2.45) is 17.6 Å².